The predicted octanol–water partition coefficient (Wildman–Crippen LogP) is 4.14. The first-order chi connectivity index (χ1) is 8.38. The Hall–Kier alpha value is -0.0800. The van der Waals surface area contributed by atoms with Crippen LogP contribution in [0.3, 0.4) is 0 Å². The van der Waals surface area contributed by atoms with Crippen molar-refractivity contribution in [2.45, 2.75) is 71.0 Å². The van der Waals surface area contributed by atoms with Gasteiger partial charge in [0.25, 0.3) is 0 Å². The van der Waals surface area contributed by atoms with Crippen molar-refractivity contribution >= 4 is 0 Å². The normalized spacial score (nSPS) is 28.1. The first-order valence-electron chi connectivity index (χ1n) is 7.61. The van der Waals surface area contributed by atoms with E-state index in [9.17, 15) is 0 Å². The molecule has 1 heterocycles. The zero-order valence-corrected chi connectivity index (χ0v) is 11.3. The largest absolute Gasteiger partial charge is 0.352 e. The van der Waals surface area contributed by atoms with E-state index in [2.05, 4.69) is 6.92 Å². The van der Waals surface area contributed by atoms with E-state index in [-0.39, 0.29) is 6.29 Å². The molecule has 0 aromatic carbocycles. The summed E-state index contributed by atoms with van der Waals surface area (Å²) in [5.74, 6) is 1.41. The fraction of sp³-hybridized carbons (Fsp3) is 1.00. The van der Waals surface area contributed by atoms with E-state index in [1.54, 1.807) is 0 Å². The maximum absolute atomic E-state index is 5.96. The van der Waals surface area contributed by atoms with Crippen LogP contribution in [0.2, 0.25) is 0 Å². The second-order valence-electron chi connectivity index (χ2n) is 5.78. The van der Waals surface area contributed by atoms with Crippen LogP contribution in [0.4, 0.5) is 0 Å². The van der Waals surface area contributed by atoms with Crippen LogP contribution in [0.5, 0.6) is 0 Å². The first-order valence-corrected chi connectivity index (χ1v) is 7.61. The van der Waals surface area contributed by atoms with Gasteiger partial charge in [0.2, 0.25) is 0 Å². The molecule has 2 nitrogen and oxygen atoms in total. The highest BCUT2D eigenvalue weighted by Crippen LogP contribution is 2.33. The van der Waals surface area contributed by atoms with Crippen molar-refractivity contribution in [2.24, 2.45) is 11.8 Å². The average Bonchev–Trinajstić information content (AvgIpc) is 2.52. The summed E-state index contributed by atoms with van der Waals surface area (Å²) >= 11 is 0. The molecule has 0 radical (unpaired) electrons. The van der Waals surface area contributed by atoms with Crippen LogP contribution < -0.4 is 0 Å². The zero-order chi connectivity index (χ0) is 11.9. The molecule has 2 rings (SSSR count). The Morgan fingerprint density at radius 3 is 1.88 bits per heavy atom. The van der Waals surface area contributed by atoms with Crippen LogP contribution in [0, 0.1) is 11.8 Å². The molecule has 0 amide bonds. The monoisotopic (exact) mass is 240 g/mol. The van der Waals surface area contributed by atoms with Crippen molar-refractivity contribution in [3.05, 3.63) is 0 Å². The van der Waals surface area contributed by atoms with Crippen molar-refractivity contribution in [1.82, 2.24) is 0 Å². The lowest BCUT2D eigenvalue weighted by Crippen LogP contribution is -2.32. The lowest BCUT2D eigenvalue weighted by molar-refractivity contribution is -0.179. The third-order valence-electron chi connectivity index (χ3n) is 4.43. The van der Waals surface area contributed by atoms with Gasteiger partial charge in [0.15, 0.2) is 6.29 Å². The molecule has 1 unspecified atom stereocenters. The van der Waals surface area contributed by atoms with Gasteiger partial charge in [-0.2, -0.15) is 0 Å². The molecule has 0 aromatic heterocycles. The molecule has 2 aliphatic rings. The van der Waals surface area contributed by atoms with E-state index in [1.807, 2.05) is 0 Å². The Morgan fingerprint density at radius 1 is 0.765 bits per heavy atom. The van der Waals surface area contributed by atoms with Gasteiger partial charge < -0.3 is 9.47 Å². The second-order valence-corrected chi connectivity index (χ2v) is 5.78. The topological polar surface area (TPSA) is 18.5 Å². The van der Waals surface area contributed by atoms with E-state index in [4.69, 9.17) is 9.47 Å². The van der Waals surface area contributed by atoms with Gasteiger partial charge in [-0.3, -0.25) is 0 Å². The summed E-state index contributed by atoms with van der Waals surface area (Å²) in [6, 6.07) is 0. The smallest absolute Gasteiger partial charge is 0.160 e. The molecule has 0 spiro atoms. The van der Waals surface area contributed by atoms with Crippen LogP contribution in [0.25, 0.3) is 0 Å². The fourth-order valence-corrected chi connectivity index (χ4v) is 3.19. The maximum atomic E-state index is 5.96. The van der Waals surface area contributed by atoms with E-state index in [1.165, 1.54) is 57.8 Å². The molecule has 100 valence electrons. The van der Waals surface area contributed by atoms with Crippen LogP contribution >= 0.6 is 0 Å². The first kappa shape index (κ1) is 13.4. The fourth-order valence-electron chi connectivity index (χ4n) is 3.19. The van der Waals surface area contributed by atoms with Crippen molar-refractivity contribution in [2.75, 3.05) is 13.2 Å². The molecular formula is C15H28O2. The van der Waals surface area contributed by atoms with Crippen LogP contribution in [-0.4, -0.2) is 19.5 Å². The Labute approximate surface area is 106 Å². The molecule has 1 aliphatic heterocycles. The predicted molar refractivity (Wildman–Crippen MR) is 69.9 cm³/mol. The zero-order valence-electron chi connectivity index (χ0n) is 11.3. The van der Waals surface area contributed by atoms with Crippen LogP contribution in [-0.2, 0) is 9.47 Å². The molecule has 2 heteroatoms. The molecular weight excluding hydrogens is 212 g/mol. The summed E-state index contributed by atoms with van der Waals surface area (Å²) in [4.78, 5) is 0. The highest BCUT2D eigenvalue weighted by atomic mass is 16.7. The molecule has 1 atom stereocenters. The molecule has 17 heavy (non-hydrogen) atoms. The summed E-state index contributed by atoms with van der Waals surface area (Å²) in [6.07, 6.45) is 12.1. The third kappa shape index (κ3) is 4.26. The van der Waals surface area contributed by atoms with Gasteiger partial charge in [0, 0.05) is 19.1 Å². The van der Waals surface area contributed by atoms with Crippen molar-refractivity contribution in [3.8, 4) is 0 Å². The Balaban J connectivity index is 1.83. The number of rotatable bonds is 2. The minimum atomic E-state index is 0.0659. The quantitative estimate of drug-likeness (QED) is 0.722. The van der Waals surface area contributed by atoms with Gasteiger partial charge in [-0.1, -0.05) is 51.9 Å². The highest BCUT2D eigenvalue weighted by molar-refractivity contribution is 4.74. The van der Waals surface area contributed by atoms with Crippen molar-refractivity contribution in [1.29, 1.82) is 0 Å². The van der Waals surface area contributed by atoms with E-state index in [0.717, 1.165) is 19.1 Å². The van der Waals surface area contributed by atoms with Crippen LogP contribution in [0.15, 0.2) is 0 Å². The van der Waals surface area contributed by atoms with Gasteiger partial charge in [-0.25, -0.2) is 0 Å². The molecule has 1 saturated heterocycles. The average molecular weight is 240 g/mol. The Kier molecular flexibility index (Phi) is 5.79. The summed E-state index contributed by atoms with van der Waals surface area (Å²) in [6.45, 7) is 4.11. The second kappa shape index (κ2) is 7.38. The van der Waals surface area contributed by atoms with Crippen LogP contribution in [0.1, 0.15) is 64.7 Å². The summed E-state index contributed by atoms with van der Waals surface area (Å²) in [5.41, 5.74) is 0. The molecule has 0 N–H and O–H groups in total. The van der Waals surface area contributed by atoms with E-state index >= 15 is 0 Å². The molecule has 1 aliphatic carbocycles. The number of hydrogen-bond donors (Lipinski definition) is 0. The van der Waals surface area contributed by atoms with E-state index < -0.39 is 0 Å². The van der Waals surface area contributed by atoms with Crippen molar-refractivity contribution in [3.63, 3.8) is 0 Å². The summed E-state index contributed by atoms with van der Waals surface area (Å²) < 4.78 is 11.9. The molecule has 0 aromatic rings. The maximum Gasteiger partial charge on any atom is 0.160 e. The van der Waals surface area contributed by atoms with Gasteiger partial charge in [-0.15, -0.1) is 0 Å². The lowest BCUT2D eigenvalue weighted by Gasteiger charge is -2.33. The lowest BCUT2D eigenvalue weighted by atomic mass is 9.80. The Morgan fingerprint density at radius 2 is 1.29 bits per heavy atom. The van der Waals surface area contributed by atoms with Gasteiger partial charge in [-0.05, 0) is 18.8 Å². The minimum absolute atomic E-state index is 0.0659. The highest BCUT2D eigenvalue weighted by Gasteiger charge is 2.28. The SMILES string of the molecule is CC(C1CCCCC1)C1OCCCCCCO1. The molecule has 1 saturated carbocycles. The summed E-state index contributed by atoms with van der Waals surface area (Å²) in [5, 5.41) is 0. The molecule has 2 fully saturated rings. The standard InChI is InChI=1S/C15H28O2/c1-13(14-9-5-4-6-10-14)15-16-11-7-2-3-8-12-17-15/h13-15H,2-12H2,1H3. The van der Waals surface area contributed by atoms with Gasteiger partial charge in [0.1, 0.15) is 0 Å². The van der Waals surface area contributed by atoms with Gasteiger partial charge >= 0.3 is 0 Å². The van der Waals surface area contributed by atoms with Crippen molar-refractivity contribution < 1.29 is 9.47 Å². The summed E-state index contributed by atoms with van der Waals surface area (Å²) in [7, 11) is 0. The van der Waals surface area contributed by atoms with E-state index in [0.29, 0.717) is 5.92 Å². The van der Waals surface area contributed by atoms with Gasteiger partial charge in [0.05, 0.1) is 0 Å². The molecule has 0 bridgehead atoms. The number of ether oxygens (including phenoxy) is 2. The minimum Gasteiger partial charge on any atom is -0.352 e. The Bertz CT molecular complexity index is 189. The third-order valence-corrected chi connectivity index (χ3v) is 4.43. The number of hydrogen-bond acceptors (Lipinski definition) is 2.